The number of carbonyl (C=O) groups is 3. The summed E-state index contributed by atoms with van der Waals surface area (Å²) < 4.78 is 16.9. The van der Waals surface area contributed by atoms with E-state index in [0.29, 0.717) is 19.3 Å². The first kappa shape index (κ1) is 79.6. The highest BCUT2D eigenvalue weighted by Crippen LogP contribution is 2.19. The monoisotopic (exact) mass is 1150 g/mol. The number of allylic oxidation sites excluding steroid dienone is 6. The topological polar surface area (TPSA) is 78.9 Å². The Labute approximate surface area is 512 Å². The Hall–Kier alpha value is -2.37. The Morgan fingerprint density at radius 2 is 0.439 bits per heavy atom. The van der Waals surface area contributed by atoms with Crippen molar-refractivity contribution in [1.29, 1.82) is 0 Å². The van der Waals surface area contributed by atoms with Gasteiger partial charge in [-0.3, -0.25) is 14.4 Å². The first-order chi connectivity index (χ1) is 40.5. The molecule has 0 aliphatic rings. The molecule has 482 valence electrons. The molecule has 0 heterocycles. The predicted molar refractivity (Wildman–Crippen MR) is 358 cm³/mol. The molecule has 0 rings (SSSR count). The first-order valence-corrected chi connectivity index (χ1v) is 37.0. The lowest BCUT2D eigenvalue weighted by atomic mass is 10.0. The Balaban J connectivity index is 4.04. The van der Waals surface area contributed by atoms with Crippen molar-refractivity contribution >= 4 is 17.9 Å². The van der Waals surface area contributed by atoms with Crippen molar-refractivity contribution in [1.82, 2.24) is 0 Å². The van der Waals surface area contributed by atoms with Gasteiger partial charge in [0, 0.05) is 19.3 Å². The first-order valence-electron chi connectivity index (χ1n) is 37.0. The minimum Gasteiger partial charge on any atom is -0.462 e. The van der Waals surface area contributed by atoms with E-state index in [0.717, 1.165) is 64.2 Å². The second-order valence-corrected chi connectivity index (χ2v) is 25.2. The van der Waals surface area contributed by atoms with Crippen LogP contribution in [0.3, 0.4) is 0 Å². The third-order valence-electron chi connectivity index (χ3n) is 16.9. The second kappa shape index (κ2) is 71.1. The molecular formula is C76H142O6. The number of rotatable bonds is 69. The van der Waals surface area contributed by atoms with Crippen LogP contribution in [0.2, 0.25) is 0 Å². The summed E-state index contributed by atoms with van der Waals surface area (Å²) in [7, 11) is 0. The highest BCUT2D eigenvalue weighted by atomic mass is 16.6. The smallest absolute Gasteiger partial charge is 0.306 e. The van der Waals surface area contributed by atoms with Gasteiger partial charge in [0.05, 0.1) is 0 Å². The average Bonchev–Trinajstić information content (AvgIpc) is 3.48. The van der Waals surface area contributed by atoms with Gasteiger partial charge in [-0.05, 0) is 77.0 Å². The third-order valence-corrected chi connectivity index (χ3v) is 16.9. The van der Waals surface area contributed by atoms with E-state index in [1.165, 1.54) is 308 Å². The minimum absolute atomic E-state index is 0.0661. The molecule has 0 radical (unpaired) electrons. The highest BCUT2D eigenvalue weighted by Gasteiger charge is 2.19. The van der Waals surface area contributed by atoms with E-state index in [1.54, 1.807) is 0 Å². The van der Waals surface area contributed by atoms with Gasteiger partial charge in [-0.2, -0.15) is 0 Å². The van der Waals surface area contributed by atoms with Crippen molar-refractivity contribution in [3.63, 3.8) is 0 Å². The van der Waals surface area contributed by atoms with E-state index in [9.17, 15) is 14.4 Å². The maximum Gasteiger partial charge on any atom is 0.306 e. The van der Waals surface area contributed by atoms with Gasteiger partial charge in [0.2, 0.25) is 0 Å². The lowest BCUT2D eigenvalue weighted by molar-refractivity contribution is -0.167. The maximum atomic E-state index is 12.9. The van der Waals surface area contributed by atoms with Gasteiger partial charge < -0.3 is 14.2 Å². The third kappa shape index (κ3) is 68.4. The fourth-order valence-corrected chi connectivity index (χ4v) is 11.3. The summed E-state index contributed by atoms with van der Waals surface area (Å²) in [4.78, 5) is 38.3. The van der Waals surface area contributed by atoms with Crippen molar-refractivity contribution in [2.45, 2.75) is 419 Å². The van der Waals surface area contributed by atoms with Crippen LogP contribution in [0.25, 0.3) is 0 Å². The highest BCUT2D eigenvalue weighted by molar-refractivity contribution is 5.71. The van der Waals surface area contributed by atoms with Gasteiger partial charge in [0.25, 0.3) is 0 Å². The predicted octanol–water partition coefficient (Wildman–Crippen LogP) is 25.5. The molecule has 6 nitrogen and oxygen atoms in total. The standard InChI is InChI=1S/C76H142O6/c1-4-7-10-13-16-19-21-23-25-27-29-31-33-35-37-38-40-41-43-45-47-49-51-53-55-57-60-63-66-69-75(78)81-72-73(71-80-74(77)68-65-62-59-18-15-12-9-6-3)82-76(79)70-67-64-61-58-56-54-52-50-48-46-44-42-39-36-34-32-30-28-26-24-22-20-17-14-11-8-5-2/h22,24,27-30,73H,4-21,23,25-26,31-72H2,1-3H3/b24-22-,29-27-,30-28-. The van der Waals surface area contributed by atoms with Gasteiger partial charge in [-0.15, -0.1) is 0 Å². The van der Waals surface area contributed by atoms with Gasteiger partial charge >= 0.3 is 17.9 Å². The van der Waals surface area contributed by atoms with Crippen LogP contribution in [-0.2, 0) is 28.6 Å². The minimum atomic E-state index is -0.768. The van der Waals surface area contributed by atoms with Gasteiger partial charge in [0.15, 0.2) is 6.10 Å². The number of ether oxygens (including phenoxy) is 3. The van der Waals surface area contributed by atoms with Crippen LogP contribution < -0.4 is 0 Å². The quantitative estimate of drug-likeness (QED) is 0.0261. The van der Waals surface area contributed by atoms with Crippen LogP contribution in [0.1, 0.15) is 412 Å². The number of hydrogen-bond acceptors (Lipinski definition) is 6. The molecule has 0 saturated carbocycles. The van der Waals surface area contributed by atoms with E-state index in [1.807, 2.05) is 0 Å². The molecule has 0 aliphatic heterocycles. The van der Waals surface area contributed by atoms with E-state index in [4.69, 9.17) is 14.2 Å². The van der Waals surface area contributed by atoms with Gasteiger partial charge in [0.1, 0.15) is 13.2 Å². The average molecular weight is 1150 g/mol. The summed E-state index contributed by atoms with van der Waals surface area (Å²) >= 11 is 0. The Kier molecular flexibility index (Phi) is 69.1. The zero-order valence-corrected chi connectivity index (χ0v) is 55.5. The van der Waals surface area contributed by atoms with Crippen LogP contribution >= 0.6 is 0 Å². The van der Waals surface area contributed by atoms with Crippen LogP contribution in [0.15, 0.2) is 36.5 Å². The molecule has 0 aromatic carbocycles. The van der Waals surface area contributed by atoms with Crippen LogP contribution in [0, 0.1) is 0 Å². The molecule has 0 amide bonds. The molecule has 0 N–H and O–H groups in total. The number of unbranched alkanes of at least 4 members (excludes halogenated alkanes) is 52. The van der Waals surface area contributed by atoms with Crippen LogP contribution in [0.5, 0.6) is 0 Å². The lowest BCUT2D eigenvalue weighted by Gasteiger charge is -2.18. The Bertz CT molecular complexity index is 1370. The van der Waals surface area contributed by atoms with Crippen molar-refractivity contribution < 1.29 is 28.6 Å². The van der Waals surface area contributed by atoms with Crippen molar-refractivity contribution in [2.24, 2.45) is 0 Å². The zero-order valence-electron chi connectivity index (χ0n) is 55.5. The van der Waals surface area contributed by atoms with E-state index in [-0.39, 0.29) is 31.1 Å². The fraction of sp³-hybridized carbons (Fsp3) is 0.882. The molecule has 0 fully saturated rings. The molecule has 0 aromatic heterocycles. The fourth-order valence-electron chi connectivity index (χ4n) is 11.3. The molecule has 0 aliphatic carbocycles. The molecule has 1 atom stereocenters. The lowest BCUT2D eigenvalue weighted by Crippen LogP contribution is -2.30. The largest absolute Gasteiger partial charge is 0.462 e. The van der Waals surface area contributed by atoms with Crippen molar-refractivity contribution in [2.75, 3.05) is 13.2 Å². The molecule has 0 bridgehead atoms. The van der Waals surface area contributed by atoms with E-state index < -0.39 is 6.10 Å². The van der Waals surface area contributed by atoms with Crippen LogP contribution in [0.4, 0.5) is 0 Å². The number of esters is 3. The normalized spacial score (nSPS) is 12.2. The number of carbonyl (C=O) groups excluding carboxylic acids is 3. The summed E-state index contributed by atoms with van der Waals surface area (Å²) in [5, 5.41) is 0. The molecule has 0 aromatic rings. The van der Waals surface area contributed by atoms with Gasteiger partial charge in [-0.25, -0.2) is 0 Å². The second-order valence-electron chi connectivity index (χ2n) is 25.2. The van der Waals surface area contributed by atoms with Crippen molar-refractivity contribution in [3.8, 4) is 0 Å². The molecule has 1 unspecified atom stereocenters. The van der Waals surface area contributed by atoms with E-state index >= 15 is 0 Å². The summed E-state index contributed by atoms with van der Waals surface area (Å²) in [5.41, 5.74) is 0. The zero-order chi connectivity index (χ0) is 59.2. The molecule has 0 saturated heterocycles. The van der Waals surface area contributed by atoms with Crippen LogP contribution in [-0.4, -0.2) is 37.2 Å². The SMILES string of the molecule is CCCCCCC/C=C\C/C=C\CCCCCCCCCCCCCCCCCC(=O)OC(COC(=O)CCCCCCCCCC)COC(=O)CCCCCCCCCCCCCCCCCCC/C=C\CCCCCCCCCC. The molecule has 0 spiro atoms. The molecule has 6 heteroatoms. The summed E-state index contributed by atoms with van der Waals surface area (Å²) in [5.74, 6) is -0.842. The maximum absolute atomic E-state index is 12.9. The Morgan fingerprint density at radius 3 is 0.683 bits per heavy atom. The number of hydrogen-bond donors (Lipinski definition) is 0. The van der Waals surface area contributed by atoms with Crippen molar-refractivity contribution in [3.05, 3.63) is 36.5 Å². The molecular weight excluding hydrogens is 1010 g/mol. The van der Waals surface area contributed by atoms with Gasteiger partial charge in [-0.1, -0.05) is 353 Å². The summed E-state index contributed by atoms with van der Waals surface area (Å²) in [6.07, 6.45) is 89.3. The Morgan fingerprint density at radius 1 is 0.244 bits per heavy atom. The molecule has 82 heavy (non-hydrogen) atoms. The summed E-state index contributed by atoms with van der Waals surface area (Å²) in [6, 6.07) is 0. The summed E-state index contributed by atoms with van der Waals surface area (Å²) in [6.45, 7) is 6.67. The van der Waals surface area contributed by atoms with E-state index in [2.05, 4.69) is 57.2 Å².